The molecule has 2 atom stereocenters. The van der Waals surface area contributed by atoms with Crippen molar-refractivity contribution in [2.24, 2.45) is 11.7 Å². The van der Waals surface area contributed by atoms with Gasteiger partial charge < -0.3 is 20.6 Å². The molecule has 7 heteroatoms. The Kier molecular flexibility index (Phi) is 4.78. The van der Waals surface area contributed by atoms with E-state index in [-0.39, 0.29) is 12.6 Å². The summed E-state index contributed by atoms with van der Waals surface area (Å²) in [6.45, 7) is 0.314. The van der Waals surface area contributed by atoms with E-state index in [0.717, 1.165) is 12.8 Å². The Hall–Kier alpha value is -1.01. The number of nitrogens with two attached hydrogens (primary N) is 1. The second kappa shape index (κ2) is 6.62. The van der Waals surface area contributed by atoms with Gasteiger partial charge in [-0.3, -0.25) is 0 Å². The molecule has 1 aliphatic rings. The molecule has 4 N–H and O–H groups in total. The van der Waals surface area contributed by atoms with E-state index in [1.54, 1.807) is 6.07 Å². The van der Waals surface area contributed by atoms with Crippen LogP contribution in [0.1, 0.15) is 31.5 Å². The number of hydrogen-bond donors (Lipinski definition) is 3. The van der Waals surface area contributed by atoms with E-state index in [2.05, 4.69) is 9.97 Å². The summed E-state index contributed by atoms with van der Waals surface area (Å²) in [5, 5.41) is 9.96. The van der Waals surface area contributed by atoms with Gasteiger partial charge in [-0.25, -0.2) is 4.98 Å². The van der Waals surface area contributed by atoms with Crippen LogP contribution >= 0.6 is 23.2 Å². The van der Waals surface area contributed by atoms with Crippen molar-refractivity contribution in [3.05, 3.63) is 21.9 Å². The van der Waals surface area contributed by atoms with Gasteiger partial charge in [-0.05, 0) is 18.9 Å². The molecule has 22 heavy (non-hydrogen) atoms. The summed E-state index contributed by atoms with van der Waals surface area (Å²) < 4.78 is 5.94. The number of aromatic amines is 1. The third kappa shape index (κ3) is 3.04. The average Bonchev–Trinajstić information content (AvgIpc) is 2.92. The molecule has 1 aliphatic carbocycles. The number of rotatable bonds is 4. The average molecular weight is 344 g/mol. The Morgan fingerprint density at radius 3 is 2.86 bits per heavy atom. The first-order chi connectivity index (χ1) is 10.6. The lowest BCUT2D eigenvalue weighted by atomic mass is 9.86. The van der Waals surface area contributed by atoms with Gasteiger partial charge in [0.15, 0.2) is 5.75 Å². The molecule has 3 rings (SSSR count). The van der Waals surface area contributed by atoms with Crippen molar-refractivity contribution in [3.8, 4) is 5.75 Å². The molecule has 0 unspecified atom stereocenters. The van der Waals surface area contributed by atoms with Gasteiger partial charge in [-0.15, -0.1) is 0 Å². The summed E-state index contributed by atoms with van der Waals surface area (Å²) in [6, 6.07) is 1.85. The van der Waals surface area contributed by atoms with Crippen molar-refractivity contribution in [1.82, 2.24) is 9.97 Å². The fourth-order valence-electron chi connectivity index (χ4n) is 2.96. The van der Waals surface area contributed by atoms with E-state index < -0.39 is 0 Å². The fraction of sp³-hybridized carbons (Fsp3) is 0.533. The number of fused-ring (bicyclic) bond motifs is 1. The second-order valence-corrected chi connectivity index (χ2v) is 6.54. The number of halogens is 2. The van der Waals surface area contributed by atoms with Gasteiger partial charge >= 0.3 is 0 Å². The van der Waals surface area contributed by atoms with E-state index in [4.69, 9.17) is 33.7 Å². The molecular weight excluding hydrogens is 325 g/mol. The lowest BCUT2D eigenvalue weighted by Gasteiger charge is -2.28. The number of benzene rings is 1. The molecule has 0 amide bonds. The van der Waals surface area contributed by atoms with Crippen molar-refractivity contribution < 1.29 is 9.84 Å². The molecule has 0 aliphatic heterocycles. The van der Waals surface area contributed by atoms with Gasteiger partial charge in [0.25, 0.3) is 0 Å². The molecule has 0 saturated heterocycles. The number of aliphatic hydroxyl groups excluding tert-OH is 1. The summed E-state index contributed by atoms with van der Waals surface area (Å²) in [5.74, 6) is 1.22. The van der Waals surface area contributed by atoms with Crippen molar-refractivity contribution in [2.75, 3.05) is 6.61 Å². The van der Waals surface area contributed by atoms with Gasteiger partial charge in [0, 0.05) is 12.0 Å². The highest BCUT2D eigenvalue weighted by molar-refractivity contribution is 6.44. The third-order valence-corrected chi connectivity index (χ3v) is 5.01. The zero-order valence-corrected chi connectivity index (χ0v) is 13.6. The molecule has 0 radical (unpaired) electrons. The lowest BCUT2D eigenvalue weighted by molar-refractivity contribution is 0.189. The molecule has 1 heterocycles. The molecule has 0 bridgehead atoms. The van der Waals surface area contributed by atoms with Crippen molar-refractivity contribution in [3.63, 3.8) is 0 Å². The Morgan fingerprint density at radius 2 is 2.14 bits per heavy atom. The van der Waals surface area contributed by atoms with Crippen LogP contribution in [-0.2, 0) is 6.61 Å². The monoisotopic (exact) mass is 343 g/mol. The van der Waals surface area contributed by atoms with Gasteiger partial charge in [0.2, 0.25) is 0 Å². The van der Waals surface area contributed by atoms with E-state index in [0.29, 0.717) is 45.2 Å². The molecule has 0 spiro atoms. The predicted molar refractivity (Wildman–Crippen MR) is 87.5 cm³/mol. The fourth-order valence-corrected chi connectivity index (χ4v) is 3.35. The zero-order valence-electron chi connectivity index (χ0n) is 12.1. The molecule has 120 valence electrons. The Labute approximate surface area is 138 Å². The van der Waals surface area contributed by atoms with Crippen molar-refractivity contribution in [1.29, 1.82) is 0 Å². The van der Waals surface area contributed by atoms with Crippen LogP contribution in [0.4, 0.5) is 0 Å². The number of nitrogens with zero attached hydrogens (tertiary/aromatic N) is 1. The van der Waals surface area contributed by atoms with Crippen LogP contribution in [0.3, 0.4) is 0 Å². The lowest BCUT2D eigenvalue weighted by Crippen LogP contribution is -2.36. The predicted octanol–water partition coefficient (Wildman–Crippen LogP) is 3.26. The van der Waals surface area contributed by atoms with Crippen LogP contribution in [-0.4, -0.2) is 27.7 Å². The largest absolute Gasteiger partial charge is 0.489 e. The van der Waals surface area contributed by atoms with E-state index >= 15 is 0 Å². The minimum absolute atomic E-state index is 0.161. The Balaban J connectivity index is 1.88. The van der Waals surface area contributed by atoms with Gasteiger partial charge in [0.1, 0.15) is 23.0 Å². The van der Waals surface area contributed by atoms with Crippen LogP contribution in [0.2, 0.25) is 10.0 Å². The number of ether oxygens (including phenoxy) is 1. The van der Waals surface area contributed by atoms with Crippen LogP contribution in [0, 0.1) is 5.92 Å². The maximum Gasteiger partial charge on any atom is 0.167 e. The summed E-state index contributed by atoms with van der Waals surface area (Å²) >= 11 is 12.4. The highest BCUT2D eigenvalue weighted by Crippen LogP contribution is 2.39. The highest BCUT2D eigenvalue weighted by atomic mass is 35.5. The maximum atomic E-state index is 9.22. The van der Waals surface area contributed by atoms with Crippen LogP contribution in [0.15, 0.2) is 6.07 Å². The zero-order chi connectivity index (χ0) is 15.7. The molecular formula is C15H19Cl2N3O2. The Morgan fingerprint density at radius 1 is 1.36 bits per heavy atom. The Bertz CT molecular complexity index is 674. The van der Waals surface area contributed by atoms with E-state index in [1.165, 1.54) is 12.8 Å². The molecule has 1 saturated carbocycles. The normalized spacial score (nSPS) is 22.2. The maximum absolute atomic E-state index is 9.22. The van der Waals surface area contributed by atoms with Gasteiger partial charge in [-0.1, -0.05) is 36.0 Å². The molecule has 5 nitrogen and oxygen atoms in total. The van der Waals surface area contributed by atoms with Crippen molar-refractivity contribution in [2.45, 2.75) is 38.3 Å². The van der Waals surface area contributed by atoms with Crippen LogP contribution < -0.4 is 10.5 Å². The third-order valence-electron chi connectivity index (χ3n) is 4.24. The topological polar surface area (TPSA) is 84.2 Å². The summed E-state index contributed by atoms with van der Waals surface area (Å²) in [7, 11) is 0. The van der Waals surface area contributed by atoms with Crippen LogP contribution in [0.5, 0.6) is 5.75 Å². The quantitative estimate of drug-likeness (QED) is 0.795. The van der Waals surface area contributed by atoms with Crippen LogP contribution in [0.25, 0.3) is 11.0 Å². The number of imidazole rings is 1. The number of hydrogen-bond acceptors (Lipinski definition) is 4. The molecule has 2 aromatic rings. The number of aromatic nitrogens is 2. The second-order valence-electron chi connectivity index (χ2n) is 5.76. The molecule has 1 aromatic carbocycles. The first-order valence-electron chi connectivity index (χ1n) is 7.46. The smallest absolute Gasteiger partial charge is 0.167 e. The minimum atomic E-state index is -0.184. The minimum Gasteiger partial charge on any atom is -0.489 e. The van der Waals surface area contributed by atoms with Gasteiger partial charge in [0.05, 0.1) is 17.1 Å². The molecule has 1 fully saturated rings. The van der Waals surface area contributed by atoms with Crippen molar-refractivity contribution >= 4 is 34.2 Å². The van der Waals surface area contributed by atoms with Gasteiger partial charge in [-0.2, -0.15) is 0 Å². The van der Waals surface area contributed by atoms with E-state index in [9.17, 15) is 5.11 Å². The standard InChI is InChI=1S/C15H19Cl2N3O2/c16-9-5-11-14(20-12(6-21)19-11)15(13(9)17)22-7-8-3-1-2-4-10(8)18/h5,8,10,21H,1-4,6-7,18H2,(H,19,20)/t8-,10-/m1/s1. The SMILES string of the molecule is N[C@@H]1CCCC[C@@H]1COc1c(Cl)c(Cl)cc2[nH]c(CO)nc12. The number of nitrogens with one attached hydrogen (secondary N) is 1. The number of H-pyrrole nitrogens is 1. The number of aliphatic hydroxyl groups is 1. The first kappa shape index (κ1) is 15.9. The van der Waals surface area contributed by atoms with E-state index in [1.807, 2.05) is 0 Å². The first-order valence-corrected chi connectivity index (χ1v) is 8.21. The molecule has 1 aromatic heterocycles. The summed E-state index contributed by atoms with van der Waals surface area (Å²) in [6.07, 6.45) is 4.45. The summed E-state index contributed by atoms with van der Waals surface area (Å²) in [5.41, 5.74) is 7.44. The summed E-state index contributed by atoms with van der Waals surface area (Å²) in [4.78, 5) is 7.30. The highest BCUT2D eigenvalue weighted by Gasteiger charge is 2.24.